The highest BCUT2D eigenvalue weighted by atomic mass is 32.1. The van der Waals surface area contributed by atoms with Gasteiger partial charge in [0, 0.05) is 18.3 Å². The van der Waals surface area contributed by atoms with E-state index in [9.17, 15) is 4.79 Å². The van der Waals surface area contributed by atoms with Crippen molar-refractivity contribution in [3.05, 3.63) is 33.5 Å². The minimum Gasteiger partial charge on any atom is -0.462 e. The zero-order valence-electron chi connectivity index (χ0n) is 12.5. The fourth-order valence-electron chi connectivity index (χ4n) is 1.91. The maximum absolute atomic E-state index is 11.8. The summed E-state index contributed by atoms with van der Waals surface area (Å²) in [4.78, 5) is 17.2. The predicted octanol–water partition coefficient (Wildman–Crippen LogP) is 2.12. The summed E-state index contributed by atoms with van der Waals surface area (Å²) in [6.45, 7) is 5.03. The van der Waals surface area contributed by atoms with Crippen molar-refractivity contribution < 1.29 is 14.3 Å². The van der Waals surface area contributed by atoms with Crippen molar-refractivity contribution in [1.82, 2.24) is 14.8 Å². The lowest BCUT2D eigenvalue weighted by atomic mass is 10.2. The average Bonchev–Trinajstić information content (AvgIpc) is 3.02. The highest BCUT2D eigenvalue weighted by Gasteiger charge is 2.17. The molecule has 7 heteroatoms. The molecule has 0 amide bonds. The van der Waals surface area contributed by atoms with E-state index in [-0.39, 0.29) is 5.97 Å². The Kier molecular flexibility index (Phi) is 5.46. The largest absolute Gasteiger partial charge is 0.462 e. The number of hydrogen-bond donors (Lipinski definition) is 0. The molecule has 0 unspecified atom stereocenters. The Hall–Kier alpha value is -1.73. The van der Waals surface area contributed by atoms with Crippen LogP contribution in [-0.4, -0.2) is 33.9 Å². The van der Waals surface area contributed by atoms with Gasteiger partial charge in [0.2, 0.25) is 0 Å². The molecule has 0 bridgehead atoms. The number of rotatable bonds is 7. The first kappa shape index (κ1) is 15.7. The van der Waals surface area contributed by atoms with E-state index in [2.05, 4.69) is 10.1 Å². The number of carbonyl (C=O) groups excluding carboxylic acids is 1. The molecule has 0 atom stereocenters. The van der Waals surface area contributed by atoms with Gasteiger partial charge in [-0.15, -0.1) is 11.3 Å². The standard InChI is InChI=1S/C14H19N3O3S/c1-4-20-14(18)11-7-16-17(3)12(11)8-19-6-5-13-10(2)15-9-21-13/h7,9H,4-6,8H2,1-3H3. The number of ether oxygens (including phenoxy) is 2. The molecule has 0 aliphatic rings. The van der Waals surface area contributed by atoms with E-state index in [4.69, 9.17) is 9.47 Å². The van der Waals surface area contributed by atoms with Crippen LogP contribution in [0.25, 0.3) is 0 Å². The van der Waals surface area contributed by atoms with E-state index >= 15 is 0 Å². The first-order chi connectivity index (χ1) is 10.1. The maximum Gasteiger partial charge on any atom is 0.341 e. The highest BCUT2D eigenvalue weighted by molar-refractivity contribution is 7.09. The van der Waals surface area contributed by atoms with Crippen LogP contribution in [0.2, 0.25) is 0 Å². The lowest BCUT2D eigenvalue weighted by molar-refractivity contribution is 0.0517. The fraction of sp³-hybridized carbons (Fsp3) is 0.500. The van der Waals surface area contributed by atoms with Gasteiger partial charge in [0.15, 0.2) is 0 Å². The zero-order chi connectivity index (χ0) is 15.2. The number of aryl methyl sites for hydroxylation is 2. The normalized spacial score (nSPS) is 10.8. The van der Waals surface area contributed by atoms with E-state index in [0.717, 1.165) is 17.8 Å². The number of aromatic nitrogens is 3. The highest BCUT2D eigenvalue weighted by Crippen LogP contribution is 2.14. The Morgan fingerprint density at radius 1 is 1.48 bits per heavy atom. The molecule has 2 aromatic heterocycles. The van der Waals surface area contributed by atoms with Gasteiger partial charge in [-0.25, -0.2) is 9.78 Å². The van der Waals surface area contributed by atoms with Crippen molar-refractivity contribution in [1.29, 1.82) is 0 Å². The minimum absolute atomic E-state index is 0.336. The Morgan fingerprint density at radius 3 is 2.95 bits per heavy atom. The van der Waals surface area contributed by atoms with Gasteiger partial charge >= 0.3 is 5.97 Å². The maximum atomic E-state index is 11.8. The monoisotopic (exact) mass is 309 g/mol. The lowest BCUT2D eigenvalue weighted by Crippen LogP contribution is -2.11. The third-order valence-corrected chi connectivity index (χ3v) is 4.11. The Morgan fingerprint density at radius 2 is 2.29 bits per heavy atom. The quantitative estimate of drug-likeness (QED) is 0.579. The number of thiazole rings is 1. The van der Waals surface area contributed by atoms with Crippen molar-refractivity contribution in [2.75, 3.05) is 13.2 Å². The summed E-state index contributed by atoms with van der Waals surface area (Å²) < 4.78 is 12.3. The Balaban J connectivity index is 1.89. The van der Waals surface area contributed by atoms with Crippen molar-refractivity contribution in [3.63, 3.8) is 0 Å². The van der Waals surface area contributed by atoms with Gasteiger partial charge < -0.3 is 9.47 Å². The summed E-state index contributed by atoms with van der Waals surface area (Å²) in [5, 5.41) is 4.09. The van der Waals surface area contributed by atoms with Crippen molar-refractivity contribution in [3.8, 4) is 0 Å². The summed E-state index contributed by atoms with van der Waals surface area (Å²) in [6.07, 6.45) is 2.34. The topological polar surface area (TPSA) is 66.2 Å². The van der Waals surface area contributed by atoms with Crippen LogP contribution < -0.4 is 0 Å². The van der Waals surface area contributed by atoms with Crippen LogP contribution in [0.15, 0.2) is 11.7 Å². The van der Waals surface area contributed by atoms with Gasteiger partial charge in [-0.2, -0.15) is 5.10 Å². The number of esters is 1. The average molecular weight is 309 g/mol. The summed E-state index contributed by atoms with van der Waals surface area (Å²) >= 11 is 1.63. The number of nitrogens with zero attached hydrogens (tertiary/aromatic N) is 3. The van der Waals surface area contributed by atoms with E-state index in [1.54, 1.807) is 30.0 Å². The summed E-state index contributed by atoms with van der Waals surface area (Å²) in [6, 6.07) is 0. The molecule has 2 rings (SSSR count). The van der Waals surface area contributed by atoms with E-state index < -0.39 is 0 Å². The van der Waals surface area contributed by atoms with E-state index in [1.165, 1.54) is 11.1 Å². The third-order valence-electron chi connectivity index (χ3n) is 3.11. The minimum atomic E-state index is -0.359. The van der Waals surface area contributed by atoms with Gasteiger partial charge in [0.05, 0.1) is 42.9 Å². The van der Waals surface area contributed by atoms with Gasteiger partial charge in [-0.1, -0.05) is 0 Å². The van der Waals surface area contributed by atoms with Crippen molar-refractivity contribution >= 4 is 17.3 Å². The lowest BCUT2D eigenvalue weighted by Gasteiger charge is -2.07. The molecule has 114 valence electrons. The molecule has 0 aromatic carbocycles. The molecule has 0 radical (unpaired) electrons. The zero-order valence-corrected chi connectivity index (χ0v) is 13.3. The second kappa shape index (κ2) is 7.33. The first-order valence-electron chi connectivity index (χ1n) is 6.78. The molecule has 0 aliphatic heterocycles. The summed E-state index contributed by atoms with van der Waals surface area (Å²) in [7, 11) is 1.79. The van der Waals surface area contributed by atoms with Gasteiger partial charge in [-0.05, 0) is 13.8 Å². The third kappa shape index (κ3) is 3.89. The number of carbonyl (C=O) groups is 1. The molecule has 2 aromatic rings. The molecule has 0 saturated carbocycles. The van der Waals surface area contributed by atoms with Gasteiger partial charge in [-0.3, -0.25) is 4.68 Å². The molecular weight excluding hydrogens is 290 g/mol. The SMILES string of the molecule is CCOC(=O)c1cnn(C)c1COCCc1scnc1C. The molecule has 0 spiro atoms. The van der Waals surface area contributed by atoms with Crippen molar-refractivity contribution in [2.45, 2.75) is 26.9 Å². The number of hydrogen-bond acceptors (Lipinski definition) is 6. The van der Waals surface area contributed by atoms with Crippen LogP contribution in [0.5, 0.6) is 0 Å². The first-order valence-corrected chi connectivity index (χ1v) is 7.66. The molecule has 6 nitrogen and oxygen atoms in total. The molecule has 0 aliphatic carbocycles. The van der Waals surface area contributed by atoms with Crippen LogP contribution in [0.3, 0.4) is 0 Å². The van der Waals surface area contributed by atoms with Crippen LogP contribution in [0, 0.1) is 6.92 Å². The fourth-order valence-corrected chi connectivity index (χ4v) is 2.68. The van der Waals surface area contributed by atoms with E-state index in [0.29, 0.717) is 25.4 Å². The van der Waals surface area contributed by atoms with Crippen LogP contribution in [0.4, 0.5) is 0 Å². The van der Waals surface area contributed by atoms with Gasteiger partial charge in [0.25, 0.3) is 0 Å². The van der Waals surface area contributed by atoms with E-state index in [1.807, 2.05) is 12.4 Å². The molecule has 0 saturated heterocycles. The summed E-state index contributed by atoms with van der Waals surface area (Å²) in [5.74, 6) is -0.359. The van der Waals surface area contributed by atoms with Crippen LogP contribution in [0.1, 0.15) is 33.5 Å². The van der Waals surface area contributed by atoms with Crippen LogP contribution in [-0.2, 0) is 29.5 Å². The van der Waals surface area contributed by atoms with Crippen molar-refractivity contribution in [2.24, 2.45) is 7.05 Å². The smallest absolute Gasteiger partial charge is 0.341 e. The summed E-state index contributed by atoms with van der Waals surface area (Å²) in [5.41, 5.74) is 4.09. The molecular formula is C14H19N3O3S. The predicted molar refractivity (Wildman–Crippen MR) is 79.4 cm³/mol. The van der Waals surface area contributed by atoms with Crippen LogP contribution >= 0.6 is 11.3 Å². The Labute approximate surface area is 127 Å². The second-order valence-electron chi connectivity index (χ2n) is 4.51. The molecule has 0 N–H and O–H groups in total. The molecule has 2 heterocycles. The molecule has 21 heavy (non-hydrogen) atoms. The Bertz CT molecular complexity index is 606. The molecule has 0 fully saturated rings. The second-order valence-corrected chi connectivity index (χ2v) is 5.45. The van der Waals surface area contributed by atoms with Gasteiger partial charge in [0.1, 0.15) is 5.56 Å².